The lowest BCUT2D eigenvalue weighted by Gasteiger charge is -2.19. The van der Waals surface area contributed by atoms with E-state index >= 15 is 0 Å². The van der Waals surface area contributed by atoms with Crippen LogP contribution >= 0.6 is 0 Å². The molecule has 0 aliphatic heterocycles. The molecule has 2 rings (SSSR count). The zero-order chi connectivity index (χ0) is 18.4. The number of nitrogens with zero attached hydrogens (tertiary/aromatic N) is 2. The maximum absolute atomic E-state index is 12.0. The van der Waals surface area contributed by atoms with Crippen LogP contribution < -0.4 is 10.6 Å². The Morgan fingerprint density at radius 2 is 1.92 bits per heavy atom. The highest BCUT2D eigenvalue weighted by atomic mass is 16.3. The molecule has 0 radical (unpaired) electrons. The average molecular weight is 344 g/mol. The highest BCUT2D eigenvalue weighted by Gasteiger charge is 2.16. The molecule has 2 aromatic rings. The lowest BCUT2D eigenvalue weighted by Crippen LogP contribution is -2.44. The van der Waals surface area contributed by atoms with Crippen LogP contribution in [0.3, 0.4) is 0 Å². The van der Waals surface area contributed by atoms with Gasteiger partial charge in [-0.3, -0.25) is 4.68 Å². The normalized spacial score (nSPS) is 13.3. The number of benzene rings is 1. The third kappa shape index (κ3) is 5.06. The highest BCUT2D eigenvalue weighted by Crippen LogP contribution is 2.14. The molecular weight excluding hydrogens is 316 g/mol. The largest absolute Gasteiger partial charge is 0.396 e. The van der Waals surface area contributed by atoms with E-state index in [-0.39, 0.29) is 24.6 Å². The van der Waals surface area contributed by atoms with Gasteiger partial charge in [0, 0.05) is 30.5 Å². The molecule has 136 valence electrons. The second-order valence-electron chi connectivity index (χ2n) is 6.57. The molecule has 0 fully saturated rings. The van der Waals surface area contributed by atoms with E-state index in [1.54, 1.807) is 0 Å². The Balaban J connectivity index is 1.97. The number of carbonyl (C=O) groups excluding carboxylic acids is 1. The summed E-state index contributed by atoms with van der Waals surface area (Å²) in [6.45, 7) is 8.95. The Morgan fingerprint density at radius 3 is 2.56 bits per heavy atom. The third-order valence-corrected chi connectivity index (χ3v) is 4.63. The number of aromatic nitrogens is 2. The topological polar surface area (TPSA) is 79.2 Å². The fourth-order valence-corrected chi connectivity index (χ4v) is 2.63. The van der Waals surface area contributed by atoms with E-state index in [1.165, 1.54) is 5.56 Å². The number of nitrogens with one attached hydrogen (secondary N) is 2. The molecule has 0 bridgehead atoms. The van der Waals surface area contributed by atoms with Gasteiger partial charge in [-0.1, -0.05) is 37.3 Å². The first-order chi connectivity index (χ1) is 11.9. The highest BCUT2D eigenvalue weighted by molar-refractivity contribution is 5.74. The van der Waals surface area contributed by atoms with Crippen molar-refractivity contribution in [1.29, 1.82) is 0 Å². The molecule has 2 amide bonds. The minimum atomic E-state index is -0.234. The van der Waals surface area contributed by atoms with Crippen LogP contribution in [0.4, 0.5) is 4.79 Å². The first kappa shape index (κ1) is 19.0. The fraction of sp³-hybridized carbons (Fsp3) is 0.474. The quantitative estimate of drug-likeness (QED) is 0.721. The summed E-state index contributed by atoms with van der Waals surface area (Å²) in [6.07, 6.45) is 0. The maximum Gasteiger partial charge on any atom is 0.315 e. The van der Waals surface area contributed by atoms with Crippen molar-refractivity contribution in [2.24, 2.45) is 5.92 Å². The number of aliphatic hydroxyl groups is 1. The van der Waals surface area contributed by atoms with Gasteiger partial charge in [-0.05, 0) is 32.3 Å². The van der Waals surface area contributed by atoms with Gasteiger partial charge < -0.3 is 15.7 Å². The Labute approximate surface area is 149 Å². The van der Waals surface area contributed by atoms with Gasteiger partial charge in [0.2, 0.25) is 0 Å². The van der Waals surface area contributed by atoms with E-state index in [4.69, 9.17) is 5.11 Å². The fourth-order valence-electron chi connectivity index (χ4n) is 2.63. The van der Waals surface area contributed by atoms with Crippen LogP contribution in [0.1, 0.15) is 36.4 Å². The van der Waals surface area contributed by atoms with Gasteiger partial charge in [0.15, 0.2) is 0 Å². The minimum absolute atomic E-state index is 0.0165. The molecule has 1 heterocycles. The molecule has 2 atom stereocenters. The predicted octanol–water partition coefficient (Wildman–Crippen LogP) is 2.36. The number of hydrogen-bond acceptors (Lipinski definition) is 3. The summed E-state index contributed by atoms with van der Waals surface area (Å²) in [5.41, 5.74) is 4.20. The van der Waals surface area contributed by atoms with Gasteiger partial charge in [-0.15, -0.1) is 0 Å². The number of rotatable bonds is 7. The van der Waals surface area contributed by atoms with Crippen LogP contribution in [0.2, 0.25) is 0 Å². The Bertz CT molecular complexity index is 697. The van der Waals surface area contributed by atoms with E-state index in [1.807, 2.05) is 50.6 Å². The third-order valence-electron chi connectivity index (χ3n) is 4.63. The van der Waals surface area contributed by atoms with Gasteiger partial charge in [0.25, 0.3) is 0 Å². The van der Waals surface area contributed by atoms with Crippen LogP contribution in [0.15, 0.2) is 30.3 Å². The van der Waals surface area contributed by atoms with Crippen molar-refractivity contribution in [2.45, 2.75) is 46.8 Å². The first-order valence-electron chi connectivity index (χ1n) is 8.64. The van der Waals surface area contributed by atoms with Crippen LogP contribution in [0.25, 0.3) is 0 Å². The monoisotopic (exact) mass is 344 g/mol. The Kier molecular flexibility index (Phi) is 6.58. The first-order valence-corrected chi connectivity index (χ1v) is 8.64. The summed E-state index contributed by atoms with van der Waals surface area (Å²) in [4.78, 5) is 12.0. The molecule has 2 unspecified atom stereocenters. The van der Waals surface area contributed by atoms with Crippen LogP contribution in [0, 0.1) is 19.8 Å². The lowest BCUT2D eigenvalue weighted by atomic mass is 10.1. The van der Waals surface area contributed by atoms with E-state index in [0.29, 0.717) is 13.1 Å². The summed E-state index contributed by atoms with van der Waals surface area (Å²) >= 11 is 0. The second-order valence-corrected chi connectivity index (χ2v) is 6.57. The Morgan fingerprint density at radius 1 is 1.24 bits per heavy atom. The van der Waals surface area contributed by atoms with E-state index in [0.717, 1.165) is 17.0 Å². The molecule has 25 heavy (non-hydrogen) atoms. The molecule has 6 heteroatoms. The molecular formula is C19H28N4O2. The molecule has 0 aliphatic rings. The average Bonchev–Trinajstić information content (AvgIpc) is 2.86. The summed E-state index contributed by atoms with van der Waals surface area (Å²) in [5, 5.41) is 19.5. The van der Waals surface area contributed by atoms with Gasteiger partial charge >= 0.3 is 6.03 Å². The molecule has 6 nitrogen and oxygen atoms in total. The van der Waals surface area contributed by atoms with Crippen LogP contribution in [-0.4, -0.2) is 33.6 Å². The maximum atomic E-state index is 12.0. The van der Waals surface area contributed by atoms with Gasteiger partial charge in [-0.25, -0.2) is 4.79 Å². The van der Waals surface area contributed by atoms with Gasteiger partial charge in [-0.2, -0.15) is 5.10 Å². The van der Waals surface area contributed by atoms with Crippen molar-refractivity contribution in [2.75, 3.05) is 6.61 Å². The van der Waals surface area contributed by atoms with Crippen molar-refractivity contribution in [1.82, 2.24) is 20.4 Å². The van der Waals surface area contributed by atoms with Gasteiger partial charge in [0.1, 0.15) is 0 Å². The predicted molar refractivity (Wildman–Crippen MR) is 98.3 cm³/mol. The minimum Gasteiger partial charge on any atom is -0.396 e. The number of carbonyl (C=O) groups is 1. The summed E-state index contributed by atoms with van der Waals surface area (Å²) in [7, 11) is 0. The van der Waals surface area contributed by atoms with E-state index < -0.39 is 0 Å². The van der Waals surface area contributed by atoms with Crippen LogP contribution in [0.5, 0.6) is 0 Å². The Hall–Kier alpha value is -2.34. The summed E-state index contributed by atoms with van der Waals surface area (Å²) in [6, 6.07) is 9.86. The van der Waals surface area contributed by atoms with Crippen molar-refractivity contribution < 1.29 is 9.90 Å². The molecule has 3 N–H and O–H groups in total. The SMILES string of the molecule is Cc1nn(Cc2ccccc2)c(C)c1CNC(=O)NC(C)C(C)CO. The van der Waals surface area contributed by atoms with Crippen molar-refractivity contribution >= 4 is 6.03 Å². The number of hydrogen-bond donors (Lipinski definition) is 3. The number of urea groups is 1. The molecule has 0 saturated heterocycles. The zero-order valence-corrected chi connectivity index (χ0v) is 15.4. The van der Waals surface area contributed by atoms with Crippen molar-refractivity contribution in [3.8, 4) is 0 Å². The van der Waals surface area contributed by atoms with E-state index in [2.05, 4.69) is 27.9 Å². The van der Waals surface area contributed by atoms with Gasteiger partial charge in [0.05, 0.1) is 12.2 Å². The zero-order valence-electron chi connectivity index (χ0n) is 15.4. The van der Waals surface area contributed by atoms with Crippen molar-refractivity contribution in [3.63, 3.8) is 0 Å². The smallest absolute Gasteiger partial charge is 0.315 e. The standard InChI is InChI=1S/C19H28N4O2/c1-13(12-24)14(2)21-19(25)20-10-18-15(3)22-23(16(18)4)11-17-8-6-5-7-9-17/h5-9,13-14,24H,10-12H2,1-4H3,(H2,20,21,25). The van der Waals surface area contributed by atoms with Crippen molar-refractivity contribution in [3.05, 3.63) is 52.8 Å². The summed E-state index contributed by atoms with van der Waals surface area (Å²) in [5.74, 6) is 0.0165. The lowest BCUT2D eigenvalue weighted by molar-refractivity contribution is 0.200. The molecule has 1 aromatic carbocycles. The molecule has 0 spiro atoms. The summed E-state index contributed by atoms with van der Waals surface area (Å²) < 4.78 is 1.97. The number of aryl methyl sites for hydroxylation is 1. The number of amides is 2. The number of aliphatic hydroxyl groups excluding tert-OH is 1. The van der Waals surface area contributed by atoms with E-state index in [9.17, 15) is 4.79 Å². The second kappa shape index (κ2) is 8.67. The molecule has 0 saturated carbocycles. The van der Waals surface area contributed by atoms with Crippen LogP contribution in [-0.2, 0) is 13.1 Å². The molecule has 0 aliphatic carbocycles. The molecule has 1 aromatic heterocycles.